The molecular formula is C17H12FN5O3. The molecule has 0 amide bonds. The highest BCUT2D eigenvalue weighted by Gasteiger charge is 2.18. The van der Waals surface area contributed by atoms with Gasteiger partial charge in [-0.05, 0) is 31.2 Å². The Hall–Kier alpha value is -3.62. The van der Waals surface area contributed by atoms with Crippen molar-refractivity contribution in [3.05, 3.63) is 64.5 Å². The number of ether oxygens (including phenoxy) is 1. The van der Waals surface area contributed by atoms with Crippen LogP contribution in [0.15, 0.2) is 47.5 Å². The van der Waals surface area contributed by atoms with Crippen LogP contribution in [0.2, 0.25) is 0 Å². The molecule has 0 radical (unpaired) electrons. The van der Waals surface area contributed by atoms with Crippen LogP contribution in [0.25, 0.3) is 22.4 Å². The molecule has 9 heteroatoms. The number of aromatic nitrogens is 5. The Morgan fingerprint density at radius 2 is 2.12 bits per heavy atom. The second kappa shape index (κ2) is 6.03. The van der Waals surface area contributed by atoms with Gasteiger partial charge in [-0.15, -0.1) is 10.2 Å². The summed E-state index contributed by atoms with van der Waals surface area (Å²) < 4.78 is 21.0. The third kappa shape index (κ3) is 2.41. The number of rotatable bonds is 3. The average Bonchev–Trinajstić information content (AvgIpc) is 3.07. The molecule has 26 heavy (non-hydrogen) atoms. The topological polar surface area (TPSA) is 91.4 Å². The standard InChI is InChI=1S/C17H12FN5O3/c1-2-26-17(25)12-9-19-23-13-6-7-22(11-5-3-4-10(18)8-11)16(24)14(13)20-21-15(12)23/h3-9H,2H2,1H3. The summed E-state index contributed by atoms with van der Waals surface area (Å²) in [5, 5.41) is 12.0. The van der Waals surface area contributed by atoms with Gasteiger partial charge in [-0.2, -0.15) is 5.10 Å². The predicted octanol–water partition coefficient (Wildman–Crippen LogP) is 1.74. The number of esters is 1. The molecule has 4 aromatic rings. The van der Waals surface area contributed by atoms with Crippen LogP contribution in [0.3, 0.4) is 0 Å². The molecule has 3 aromatic heterocycles. The summed E-state index contributed by atoms with van der Waals surface area (Å²) >= 11 is 0. The van der Waals surface area contributed by atoms with E-state index >= 15 is 0 Å². The van der Waals surface area contributed by atoms with E-state index in [0.29, 0.717) is 11.2 Å². The summed E-state index contributed by atoms with van der Waals surface area (Å²) in [7, 11) is 0. The van der Waals surface area contributed by atoms with Crippen LogP contribution in [0.1, 0.15) is 17.3 Å². The van der Waals surface area contributed by atoms with Gasteiger partial charge in [-0.25, -0.2) is 13.7 Å². The summed E-state index contributed by atoms with van der Waals surface area (Å²) in [5.74, 6) is -1.02. The van der Waals surface area contributed by atoms with Crippen molar-refractivity contribution in [1.29, 1.82) is 0 Å². The highest BCUT2D eigenvalue weighted by molar-refractivity contribution is 5.96. The Balaban J connectivity index is 1.93. The van der Waals surface area contributed by atoms with Crippen molar-refractivity contribution in [1.82, 2.24) is 24.4 Å². The predicted molar refractivity (Wildman–Crippen MR) is 89.8 cm³/mol. The number of pyridine rings is 1. The lowest BCUT2D eigenvalue weighted by molar-refractivity contribution is 0.0528. The van der Waals surface area contributed by atoms with Gasteiger partial charge in [0.15, 0.2) is 11.2 Å². The number of carbonyl (C=O) groups is 1. The van der Waals surface area contributed by atoms with Crippen LogP contribution in [-0.4, -0.2) is 37.0 Å². The minimum atomic E-state index is -0.566. The molecular weight excluding hydrogens is 341 g/mol. The molecule has 0 aliphatic carbocycles. The van der Waals surface area contributed by atoms with Crippen molar-refractivity contribution in [3.8, 4) is 5.69 Å². The fourth-order valence-corrected chi connectivity index (χ4v) is 2.67. The van der Waals surface area contributed by atoms with E-state index in [1.807, 2.05) is 0 Å². The van der Waals surface area contributed by atoms with E-state index in [1.54, 1.807) is 19.1 Å². The molecule has 0 bridgehead atoms. The van der Waals surface area contributed by atoms with Gasteiger partial charge in [0.1, 0.15) is 16.9 Å². The smallest absolute Gasteiger partial charge is 0.343 e. The molecule has 0 atom stereocenters. The van der Waals surface area contributed by atoms with Gasteiger partial charge in [0, 0.05) is 6.20 Å². The van der Waals surface area contributed by atoms with Gasteiger partial charge >= 0.3 is 5.97 Å². The van der Waals surface area contributed by atoms with Crippen molar-refractivity contribution < 1.29 is 13.9 Å². The maximum Gasteiger partial charge on any atom is 0.343 e. The Morgan fingerprint density at radius 3 is 2.88 bits per heavy atom. The quantitative estimate of drug-likeness (QED) is 0.521. The molecule has 0 aliphatic rings. The monoisotopic (exact) mass is 353 g/mol. The summed E-state index contributed by atoms with van der Waals surface area (Å²) in [6.07, 6.45) is 2.81. The minimum absolute atomic E-state index is 0.0442. The summed E-state index contributed by atoms with van der Waals surface area (Å²) in [6, 6.07) is 7.25. The summed E-state index contributed by atoms with van der Waals surface area (Å²) in [5.41, 5.74) is 0.669. The molecule has 4 rings (SSSR count). The lowest BCUT2D eigenvalue weighted by Gasteiger charge is -2.07. The first-order valence-corrected chi connectivity index (χ1v) is 7.79. The lowest BCUT2D eigenvalue weighted by Crippen LogP contribution is -2.20. The van der Waals surface area contributed by atoms with Gasteiger partial charge in [0.05, 0.1) is 18.5 Å². The van der Waals surface area contributed by atoms with Crippen LogP contribution in [0.5, 0.6) is 0 Å². The Bertz CT molecular complexity index is 1210. The number of benzene rings is 1. The van der Waals surface area contributed by atoms with E-state index in [4.69, 9.17) is 4.74 Å². The minimum Gasteiger partial charge on any atom is -0.462 e. The van der Waals surface area contributed by atoms with Gasteiger partial charge in [-0.1, -0.05) is 6.07 Å². The van der Waals surface area contributed by atoms with E-state index < -0.39 is 17.3 Å². The highest BCUT2D eigenvalue weighted by atomic mass is 19.1. The van der Waals surface area contributed by atoms with Crippen molar-refractivity contribution >= 4 is 22.6 Å². The average molecular weight is 353 g/mol. The van der Waals surface area contributed by atoms with Crippen LogP contribution < -0.4 is 5.56 Å². The fourth-order valence-electron chi connectivity index (χ4n) is 2.67. The molecule has 0 unspecified atom stereocenters. The largest absolute Gasteiger partial charge is 0.462 e. The molecule has 0 saturated heterocycles. The fraction of sp³-hybridized carbons (Fsp3) is 0.118. The van der Waals surface area contributed by atoms with Gasteiger partial charge in [0.2, 0.25) is 0 Å². The van der Waals surface area contributed by atoms with Crippen LogP contribution >= 0.6 is 0 Å². The van der Waals surface area contributed by atoms with E-state index in [-0.39, 0.29) is 23.3 Å². The molecule has 1 aromatic carbocycles. The van der Waals surface area contributed by atoms with Crippen molar-refractivity contribution in [3.63, 3.8) is 0 Å². The Kier molecular flexibility index (Phi) is 3.68. The van der Waals surface area contributed by atoms with E-state index in [0.717, 1.165) is 0 Å². The van der Waals surface area contributed by atoms with Crippen LogP contribution in [-0.2, 0) is 4.74 Å². The van der Waals surface area contributed by atoms with Gasteiger partial charge < -0.3 is 4.74 Å². The normalized spacial score (nSPS) is 11.2. The molecule has 0 aliphatic heterocycles. The zero-order chi connectivity index (χ0) is 18.3. The number of hydrogen-bond acceptors (Lipinski definition) is 6. The number of hydrogen-bond donors (Lipinski definition) is 0. The second-order valence-electron chi connectivity index (χ2n) is 5.42. The number of carbonyl (C=O) groups excluding carboxylic acids is 1. The third-order valence-electron chi connectivity index (χ3n) is 3.84. The molecule has 8 nitrogen and oxygen atoms in total. The number of nitrogens with zero attached hydrogens (tertiary/aromatic N) is 5. The highest BCUT2D eigenvalue weighted by Crippen LogP contribution is 2.15. The maximum atomic E-state index is 13.4. The number of fused-ring (bicyclic) bond motifs is 3. The van der Waals surface area contributed by atoms with Gasteiger partial charge in [-0.3, -0.25) is 9.36 Å². The molecule has 130 valence electrons. The van der Waals surface area contributed by atoms with E-state index in [9.17, 15) is 14.0 Å². The lowest BCUT2D eigenvalue weighted by atomic mass is 10.3. The third-order valence-corrected chi connectivity index (χ3v) is 3.84. The van der Waals surface area contributed by atoms with Crippen molar-refractivity contribution in [2.75, 3.05) is 6.61 Å². The first-order chi connectivity index (χ1) is 12.6. The summed E-state index contributed by atoms with van der Waals surface area (Å²) in [6.45, 7) is 1.91. The zero-order valence-corrected chi connectivity index (χ0v) is 13.6. The van der Waals surface area contributed by atoms with Crippen molar-refractivity contribution in [2.24, 2.45) is 0 Å². The Labute approximate surface area is 145 Å². The first kappa shape index (κ1) is 15.9. The van der Waals surface area contributed by atoms with Crippen LogP contribution in [0.4, 0.5) is 4.39 Å². The SMILES string of the molecule is CCOC(=O)c1cnn2c1nnc1c(=O)n(-c3cccc(F)c3)ccc12. The zero-order valence-electron chi connectivity index (χ0n) is 13.6. The molecule has 0 spiro atoms. The van der Waals surface area contributed by atoms with Crippen LogP contribution in [0, 0.1) is 5.82 Å². The van der Waals surface area contributed by atoms with Crippen molar-refractivity contribution in [2.45, 2.75) is 6.92 Å². The molecule has 0 N–H and O–H groups in total. The molecule has 0 fully saturated rings. The molecule has 0 saturated carbocycles. The summed E-state index contributed by atoms with van der Waals surface area (Å²) in [4.78, 5) is 24.7. The first-order valence-electron chi connectivity index (χ1n) is 7.79. The van der Waals surface area contributed by atoms with E-state index in [2.05, 4.69) is 15.3 Å². The van der Waals surface area contributed by atoms with Gasteiger partial charge in [0.25, 0.3) is 5.56 Å². The molecule has 3 heterocycles. The Morgan fingerprint density at radius 1 is 1.27 bits per heavy atom. The second-order valence-corrected chi connectivity index (χ2v) is 5.42. The van der Waals surface area contributed by atoms with E-state index in [1.165, 1.54) is 39.7 Å². The maximum absolute atomic E-state index is 13.4. The number of halogens is 1.